The molecule has 0 aliphatic rings. The topological polar surface area (TPSA) is 166 Å². The summed E-state index contributed by atoms with van der Waals surface area (Å²) in [7, 11) is -7.63. The van der Waals surface area contributed by atoms with Crippen LogP contribution in [0.25, 0.3) is 10.8 Å². The zero-order valence-electron chi connectivity index (χ0n) is 17.6. The summed E-state index contributed by atoms with van der Waals surface area (Å²) in [6.07, 6.45) is 0. The summed E-state index contributed by atoms with van der Waals surface area (Å²) in [5.41, 5.74) is 0.201. The van der Waals surface area contributed by atoms with Gasteiger partial charge in [-0.05, 0) is 36.1 Å². The van der Waals surface area contributed by atoms with Crippen molar-refractivity contribution >= 4 is 42.4 Å². The first kappa shape index (κ1) is 29.0. The molecule has 0 spiro atoms. The first-order valence-electron chi connectivity index (χ1n) is 8.21. The van der Waals surface area contributed by atoms with Gasteiger partial charge in [0.05, 0.1) is 17.7 Å². The fraction of sp³-hybridized carbons (Fsp3) is 0.111. The van der Waals surface area contributed by atoms with E-state index in [2.05, 4.69) is 10.2 Å². The van der Waals surface area contributed by atoms with E-state index < -0.39 is 26.0 Å². The van der Waals surface area contributed by atoms with Gasteiger partial charge in [-0.2, -0.15) is 21.9 Å². The van der Waals surface area contributed by atoms with Gasteiger partial charge in [-0.3, -0.25) is 9.11 Å². The van der Waals surface area contributed by atoms with Gasteiger partial charge in [-0.15, -0.1) is 5.11 Å². The van der Waals surface area contributed by atoms with Crippen LogP contribution >= 0.6 is 0 Å². The first-order valence-corrected chi connectivity index (χ1v) is 11.1. The summed E-state index contributed by atoms with van der Waals surface area (Å²) in [6, 6.07) is 8.59. The van der Waals surface area contributed by atoms with Crippen molar-refractivity contribution in [3.8, 4) is 11.5 Å². The number of rotatable bonds is 5. The second-order valence-electron chi connectivity index (χ2n) is 6.23. The van der Waals surface area contributed by atoms with Gasteiger partial charge >= 0.3 is 59.1 Å². The fourth-order valence-electron chi connectivity index (χ4n) is 2.81. The van der Waals surface area contributed by atoms with Crippen LogP contribution in [0.5, 0.6) is 11.5 Å². The van der Waals surface area contributed by atoms with Crippen molar-refractivity contribution in [3.63, 3.8) is 0 Å². The second-order valence-corrected chi connectivity index (χ2v) is 9.05. The summed E-state index contributed by atoms with van der Waals surface area (Å²) < 4.78 is 69.1. The zero-order valence-corrected chi connectivity index (χ0v) is 23.2. The van der Waals surface area contributed by atoms with Crippen LogP contribution in [0.15, 0.2) is 62.5 Å². The predicted octanol–water partition coefficient (Wildman–Crippen LogP) is -2.85. The minimum atomic E-state index is -4.47. The molecule has 10 nitrogen and oxygen atoms in total. The average Bonchev–Trinajstić information content (AvgIpc) is 2.65. The Morgan fingerprint density at radius 1 is 0.906 bits per heavy atom. The standard InChI is InChI=1S/C18H16N2O8S2.2Na/c1-10-7-14(16(28-2)9-17(10)30(25,26)27)19-20-18-13-5-4-12(29(22,23)24)8-11(13)3-6-15(18)21;;/h3-9,21H,1-2H3,(H,22,23,24)(H,25,26,27);;/q;2*+1/p-1. The zero-order chi connectivity index (χ0) is 22.3. The number of methoxy groups -OCH3 is 1. The van der Waals surface area contributed by atoms with Gasteiger partial charge in [0.1, 0.15) is 16.3 Å². The van der Waals surface area contributed by atoms with Crippen LogP contribution in [0, 0.1) is 6.92 Å². The second kappa shape index (κ2) is 10.9. The molecular formula is C18H15N2Na2O8S2+. The van der Waals surface area contributed by atoms with E-state index in [9.17, 15) is 31.0 Å². The summed E-state index contributed by atoms with van der Waals surface area (Å²) in [4.78, 5) is -0.694. The molecule has 14 heteroatoms. The van der Waals surface area contributed by atoms with E-state index in [4.69, 9.17) is 4.74 Å². The molecule has 3 aromatic rings. The monoisotopic (exact) mass is 497 g/mol. The summed E-state index contributed by atoms with van der Waals surface area (Å²) in [6.45, 7) is 1.44. The van der Waals surface area contributed by atoms with Crippen molar-refractivity contribution in [2.75, 3.05) is 7.11 Å². The SMILES string of the molecule is COc1cc(S(=O)(=O)O)c(C)cc1N=Nc1c([O-])ccc2cc(S(=O)(=O)O)ccc12.[Na+].[Na+]. The van der Waals surface area contributed by atoms with Crippen molar-refractivity contribution in [1.29, 1.82) is 0 Å². The van der Waals surface area contributed by atoms with Crippen LogP contribution in [0.1, 0.15) is 5.56 Å². The van der Waals surface area contributed by atoms with E-state index in [1.165, 1.54) is 44.4 Å². The van der Waals surface area contributed by atoms with Crippen LogP contribution in [-0.2, 0) is 20.2 Å². The number of benzene rings is 3. The van der Waals surface area contributed by atoms with Crippen LogP contribution in [0.2, 0.25) is 0 Å². The van der Waals surface area contributed by atoms with Crippen LogP contribution in [0.3, 0.4) is 0 Å². The molecule has 0 aliphatic carbocycles. The van der Waals surface area contributed by atoms with E-state index in [0.29, 0.717) is 10.8 Å². The van der Waals surface area contributed by atoms with Gasteiger partial charge in [0, 0.05) is 11.5 Å². The van der Waals surface area contributed by atoms with E-state index in [0.717, 1.165) is 12.1 Å². The van der Waals surface area contributed by atoms with Crippen LogP contribution < -0.4 is 69.0 Å². The molecule has 0 bridgehead atoms. The number of hydrogen-bond donors (Lipinski definition) is 2. The molecule has 0 heterocycles. The van der Waals surface area contributed by atoms with E-state index in [1.807, 2.05) is 0 Å². The van der Waals surface area contributed by atoms with E-state index in [1.54, 1.807) is 0 Å². The molecule has 158 valence electrons. The molecule has 0 fully saturated rings. The van der Waals surface area contributed by atoms with Gasteiger partial charge in [0.25, 0.3) is 20.2 Å². The molecule has 3 aromatic carbocycles. The third-order valence-corrected chi connectivity index (χ3v) is 6.08. The summed E-state index contributed by atoms with van der Waals surface area (Å²) in [5.74, 6) is -0.491. The molecule has 0 saturated heterocycles. The molecule has 2 N–H and O–H groups in total. The minimum absolute atomic E-state index is 0. The maximum atomic E-state index is 12.3. The van der Waals surface area contributed by atoms with Gasteiger partial charge in [0.15, 0.2) is 0 Å². The summed E-state index contributed by atoms with van der Waals surface area (Å²) >= 11 is 0. The molecule has 0 atom stereocenters. The van der Waals surface area contributed by atoms with Gasteiger partial charge in [0.2, 0.25) is 0 Å². The van der Waals surface area contributed by atoms with Crippen molar-refractivity contribution in [2.45, 2.75) is 16.7 Å². The Bertz CT molecular complexity index is 1410. The van der Waals surface area contributed by atoms with Crippen molar-refractivity contribution in [1.82, 2.24) is 0 Å². The molecule has 32 heavy (non-hydrogen) atoms. The first-order chi connectivity index (χ1) is 13.9. The molecular weight excluding hydrogens is 482 g/mol. The molecule has 0 amide bonds. The van der Waals surface area contributed by atoms with Crippen molar-refractivity contribution in [2.24, 2.45) is 10.2 Å². The van der Waals surface area contributed by atoms with Crippen LogP contribution in [0.4, 0.5) is 11.4 Å². The predicted molar refractivity (Wildman–Crippen MR) is 105 cm³/mol. The number of azo groups is 1. The third-order valence-electron chi connectivity index (χ3n) is 4.24. The maximum absolute atomic E-state index is 12.3. The number of ether oxygens (including phenoxy) is 1. The Balaban J connectivity index is 0.00000256. The number of nitrogens with zero attached hydrogens (tertiary/aromatic N) is 2. The average molecular weight is 497 g/mol. The molecule has 0 aromatic heterocycles. The van der Waals surface area contributed by atoms with E-state index in [-0.39, 0.29) is 91.6 Å². The Morgan fingerprint density at radius 3 is 2.12 bits per heavy atom. The molecule has 0 radical (unpaired) electrons. The normalized spacial score (nSPS) is 11.8. The van der Waals surface area contributed by atoms with Crippen LogP contribution in [-0.4, -0.2) is 33.1 Å². The number of hydrogen-bond acceptors (Lipinski definition) is 8. The molecule has 0 unspecified atom stereocenters. The Hall–Kier alpha value is -1.06. The third kappa shape index (κ3) is 6.29. The number of fused-ring (bicyclic) bond motifs is 1. The van der Waals surface area contributed by atoms with Crippen molar-refractivity contribution in [3.05, 3.63) is 48.0 Å². The van der Waals surface area contributed by atoms with Gasteiger partial charge in [-0.25, -0.2) is 0 Å². The smallest absolute Gasteiger partial charge is 0.871 e. The molecule has 0 saturated carbocycles. The largest absolute Gasteiger partial charge is 1.00 e. The summed E-state index contributed by atoms with van der Waals surface area (Å²) in [5, 5.41) is 20.8. The Labute approximate surface area is 228 Å². The molecule has 0 aliphatic heterocycles. The van der Waals surface area contributed by atoms with Gasteiger partial charge in [-0.1, -0.05) is 23.9 Å². The quantitative estimate of drug-likeness (QED) is 0.216. The minimum Gasteiger partial charge on any atom is -0.871 e. The van der Waals surface area contributed by atoms with Gasteiger partial charge < -0.3 is 9.84 Å². The maximum Gasteiger partial charge on any atom is 1.00 e. The fourth-order valence-corrected chi connectivity index (χ4v) is 4.05. The van der Waals surface area contributed by atoms with Crippen molar-refractivity contribution < 1.29 is 94.9 Å². The Kier molecular flexibility index (Phi) is 9.88. The van der Waals surface area contributed by atoms with E-state index >= 15 is 0 Å². The molecule has 3 rings (SSSR count). The Morgan fingerprint density at radius 2 is 1.56 bits per heavy atom. The number of aryl methyl sites for hydroxylation is 1.